The summed E-state index contributed by atoms with van der Waals surface area (Å²) in [6.45, 7) is 4.27. The molecule has 1 unspecified atom stereocenters. The van der Waals surface area contributed by atoms with Gasteiger partial charge in [-0.05, 0) is 52.4 Å². The minimum atomic E-state index is 0.00280. The lowest BCUT2D eigenvalue weighted by atomic mass is 10.1. The largest absolute Gasteiger partial charge is 0.320 e. The van der Waals surface area contributed by atoms with Crippen molar-refractivity contribution in [1.82, 2.24) is 0 Å². The monoisotopic (exact) mass is 301 g/mol. The van der Waals surface area contributed by atoms with Gasteiger partial charge in [0.05, 0.1) is 6.04 Å². The molecule has 15 heavy (non-hydrogen) atoms. The van der Waals surface area contributed by atoms with Crippen LogP contribution < -0.4 is 5.73 Å². The van der Waals surface area contributed by atoms with Crippen LogP contribution in [0.4, 0.5) is 0 Å². The van der Waals surface area contributed by atoms with Gasteiger partial charge >= 0.3 is 0 Å². The number of nitrogens with two attached hydrogens (primary N) is 1. The van der Waals surface area contributed by atoms with Gasteiger partial charge in [-0.2, -0.15) is 11.3 Å². The third-order valence-electron chi connectivity index (χ3n) is 2.47. The Hall–Kier alpha value is -0.160. The van der Waals surface area contributed by atoms with Crippen molar-refractivity contribution in [2.75, 3.05) is 0 Å². The summed E-state index contributed by atoms with van der Waals surface area (Å²) in [7, 11) is 0. The highest BCUT2D eigenvalue weighted by Gasteiger charge is 2.15. The molecule has 4 heteroatoms. The third-order valence-corrected chi connectivity index (χ3v) is 5.46. The quantitative estimate of drug-likeness (QED) is 0.882. The minimum Gasteiger partial charge on any atom is -0.320 e. The van der Waals surface area contributed by atoms with Gasteiger partial charge in [0.25, 0.3) is 0 Å². The van der Waals surface area contributed by atoms with Crippen LogP contribution in [0.3, 0.4) is 0 Å². The second-order valence-corrected chi connectivity index (χ2v) is 6.43. The van der Waals surface area contributed by atoms with E-state index < -0.39 is 0 Å². The normalized spacial score (nSPS) is 13.1. The highest BCUT2D eigenvalue weighted by Crippen LogP contribution is 2.34. The van der Waals surface area contributed by atoms with Crippen LogP contribution in [-0.2, 0) is 0 Å². The Balaban J connectivity index is 2.36. The molecule has 0 saturated heterocycles. The van der Waals surface area contributed by atoms with Gasteiger partial charge in [-0.3, -0.25) is 0 Å². The summed E-state index contributed by atoms with van der Waals surface area (Å²) >= 11 is 6.99. The van der Waals surface area contributed by atoms with Crippen LogP contribution in [0.5, 0.6) is 0 Å². The van der Waals surface area contributed by atoms with E-state index >= 15 is 0 Å². The molecule has 0 aromatic carbocycles. The second-order valence-electron chi connectivity index (χ2n) is 3.54. The Kier molecular flexibility index (Phi) is 3.30. The van der Waals surface area contributed by atoms with Crippen LogP contribution in [-0.4, -0.2) is 0 Å². The molecule has 0 saturated carbocycles. The van der Waals surface area contributed by atoms with Gasteiger partial charge in [-0.25, -0.2) is 0 Å². The van der Waals surface area contributed by atoms with E-state index in [-0.39, 0.29) is 6.04 Å². The van der Waals surface area contributed by atoms with E-state index in [0.717, 1.165) is 4.47 Å². The Morgan fingerprint density at radius 3 is 2.53 bits per heavy atom. The van der Waals surface area contributed by atoms with E-state index in [9.17, 15) is 0 Å². The fraction of sp³-hybridized carbons (Fsp3) is 0.273. The molecule has 1 nitrogen and oxygen atoms in total. The lowest BCUT2D eigenvalue weighted by Crippen LogP contribution is -2.09. The molecule has 0 spiro atoms. The summed E-state index contributed by atoms with van der Waals surface area (Å²) in [4.78, 5) is 2.59. The average Bonchev–Trinajstić information content (AvgIpc) is 2.74. The molecular weight excluding hydrogens is 290 g/mol. The van der Waals surface area contributed by atoms with Crippen molar-refractivity contribution in [3.05, 3.63) is 42.2 Å². The second kappa shape index (κ2) is 4.37. The zero-order valence-corrected chi connectivity index (χ0v) is 11.8. The maximum Gasteiger partial charge on any atom is 0.0665 e. The maximum absolute atomic E-state index is 6.23. The van der Waals surface area contributed by atoms with Crippen LogP contribution in [0.1, 0.15) is 26.9 Å². The molecule has 0 radical (unpaired) electrons. The summed E-state index contributed by atoms with van der Waals surface area (Å²) in [5, 5.41) is 4.18. The lowest BCUT2D eigenvalue weighted by molar-refractivity contribution is 0.893. The smallest absolute Gasteiger partial charge is 0.0665 e. The van der Waals surface area contributed by atoms with E-state index in [0.29, 0.717) is 0 Å². The van der Waals surface area contributed by atoms with E-state index in [2.05, 4.69) is 46.6 Å². The SMILES string of the molecule is Cc1cc(C(N)c2cscc2Br)sc1C. The predicted octanol–water partition coefficient (Wildman–Crippen LogP) is 4.24. The van der Waals surface area contributed by atoms with Gasteiger partial charge in [0.15, 0.2) is 0 Å². The van der Waals surface area contributed by atoms with Crippen molar-refractivity contribution in [1.29, 1.82) is 0 Å². The predicted molar refractivity (Wildman–Crippen MR) is 71.8 cm³/mol. The Morgan fingerprint density at radius 1 is 1.33 bits per heavy atom. The molecule has 0 bridgehead atoms. The van der Waals surface area contributed by atoms with Crippen molar-refractivity contribution in [2.45, 2.75) is 19.9 Å². The highest BCUT2D eigenvalue weighted by atomic mass is 79.9. The molecule has 0 aliphatic carbocycles. The summed E-state index contributed by atoms with van der Waals surface area (Å²) in [6.07, 6.45) is 0. The molecule has 80 valence electrons. The number of rotatable bonds is 2. The Morgan fingerprint density at radius 2 is 2.07 bits per heavy atom. The lowest BCUT2D eigenvalue weighted by Gasteiger charge is -2.07. The van der Waals surface area contributed by atoms with Crippen molar-refractivity contribution in [3.8, 4) is 0 Å². The molecule has 0 aliphatic heterocycles. The van der Waals surface area contributed by atoms with Crippen LogP contribution in [0, 0.1) is 13.8 Å². The number of hydrogen-bond donors (Lipinski definition) is 1. The number of halogens is 1. The summed E-state index contributed by atoms with van der Waals surface area (Å²) in [6, 6.07) is 2.19. The zero-order valence-electron chi connectivity index (χ0n) is 8.58. The van der Waals surface area contributed by atoms with Crippen LogP contribution in [0.2, 0.25) is 0 Å². The van der Waals surface area contributed by atoms with Crippen molar-refractivity contribution in [2.24, 2.45) is 5.73 Å². The topological polar surface area (TPSA) is 26.0 Å². The molecule has 0 amide bonds. The summed E-state index contributed by atoms with van der Waals surface area (Å²) in [5.74, 6) is 0. The van der Waals surface area contributed by atoms with E-state index in [4.69, 9.17) is 5.73 Å². The fourth-order valence-electron chi connectivity index (χ4n) is 1.42. The summed E-state index contributed by atoms with van der Waals surface area (Å²) in [5.41, 5.74) is 8.74. The Bertz CT molecular complexity index is 453. The Labute approximate surface area is 106 Å². The molecule has 0 fully saturated rings. The fourth-order valence-corrected chi connectivity index (χ4v) is 4.06. The first-order valence-corrected chi connectivity index (χ1v) is 7.19. The van der Waals surface area contributed by atoms with E-state index in [1.807, 2.05) is 0 Å². The summed E-state index contributed by atoms with van der Waals surface area (Å²) < 4.78 is 1.11. The average molecular weight is 302 g/mol. The van der Waals surface area contributed by atoms with Gasteiger partial charge in [0.1, 0.15) is 0 Å². The van der Waals surface area contributed by atoms with Crippen molar-refractivity contribution < 1.29 is 0 Å². The number of thiophene rings is 2. The minimum absolute atomic E-state index is 0.00280. The van der Waals surface area contributed by atoms with Gasteiger partial charge in [0, 0.05) is 19.6 Å². The van der Waals surface area contributed by atoms with Crippen molar-refractivity contribution in [3.63, 3.8) is 0 Å². The molecule has 2 aromatic rings. The van der Waals surface area contributed by atoms with Gasteiger partial charge in [-0.15, -0.1) is 11.3 Å². The van der Waals surface area contributed by atoms with Gasteiger partial charge in [-0.1, -0.05) is 0 Å². The zero-order chi connectivity index (χ0) is 11.0. The molecule has 2 N–H and O–H groups in total. The molecule has 1 atom stereocenters. The number of aryl methyl sites for hydroxylation is 2. The maximum atomic E-state index is 6.23. The molecule has 2 rings (SSSR count). The first-order valence-electron chi connectivity index (χ1n) is 4.63. The molecule has 2 aromatic heterocycles. The van der Waals surface area contributed by atoms with E-state index in [1.54, 1.807) is 22.7 Å². The van der Waals surface area contributed by atoms with Crippen molar-refractivity contribution >= 4 is 38.6 Å². The standard InChI is InChI=1S/C11H12BrNS2/c1-6-3-10(15-7(6)2)11(13)8-4-14-5-9(8)12/h3-5,11H,13H2,1-2H3. The third kappa shape index (κ3) is 2.18. The molecular formula is C11H12BrNS2. The van der Waals surface area contributed by atoms with Crippen LogP contribution in [0.15, 0.2) is 21.3 Å². The van der Waals surface area contributed by atoms with Crippen LogP contribution >= 0.6 is 38.6 Å². The molecule has 2 heterocycles. The van der Waals surface area contributed by atoms with Crippen LogP contribution in [0.25, 0.3) is 0 Å². The van der Waals surface area contributed by atoms with Gasteiger partial charge in [0.2, 0.25) is 0 Å². The van der Waals surface area contributed by atoms with E-state index in [1.165, 1.54) is 20.9 Å². The number of hydrogen-bond acceptors (Lipinski definition) is 3. The first-order chi connectivity index (χ1) is 7.09. The molecule has 0 aliphatic rings. The first kappa shape index (κ1) is 11.3. The highest BCUT2D eigenvalue weighted by molar-refractivity contribution is 9.10. The van der Waals surface area contributed by atoms with Gasteiger partial charge < -0.3 is 5.73 Å².